The fourth-order valence-electron chi connectivity index (χ4n) is 18.3. The van der Waals surface area contributed by atoms with E-state index >= 15 is 0 Å². The molecule has 4 saturated carbocycles. The van der Waals surface area contributed by atoms with Gasteiger partial charge in [0.15, 0.2) is 37.7 Å². The summed E-state index contributed by atoms with van der Waals surface area (Å²) in [4.78, 5) is 4.12. The Kier molecular flexibility index (Phi) is 27.7. The molecule has 20 rings (SSSR count). The first-order valence-corrected chi connectivity index (χ1v) is 36.9. The average molecular weight is 1480 g/mol. The molecular weight excluding hydrogens is 1360 g/mol. The van der Waals surface area contributed by atoms with Crippen molar-refractivity contribution >= 4 is 0 Å². The predicted molar refractivity (Wildman–Crippen MR) is 339 cm³/mol. The number of fused-ring (bicyclic) bond motifs is 6. The second kappa shape index (κ2) is 35.3. The Morgan fingerprint density at radius 2 is 0.784 bits per heavy atom. The highest BCUT2D eigenvalue weighted by Crippen LogP contribution is 2.55. The number of nitrogens with zero attached hydrogens (tertiary/aromatic N) is 2. The van der Waals surface area contributed by atoms with Gasteiger partial charge in [-0.15, -0.1) is 0 Å². The summed E-state index contributed by atoms with van der Waals surface area (Å²) in [5.41, 5.74) is 3.53. The van der Waals surface area contributed by atoms with E-state index in [9.17, 15) is 97.0 Å². The second-order valence-corrected chi connectivity index (χ2v) is 30.4. The molecule has 0 aromatic carbocycles. The molecule has 21 N–H and O–H groups in total. The SMILES string of the molecule is NCCOCCN1CCCCN(CCCCC2CC3CCCC(C2)C3)CC2O[C@@H]3O[C@@H]4C(CO)O[C@H](O[C@@H]5C(CO)O[C@H](O[C@@H]6C(CO)O[C@H](O[C@@H]7C(CCC8[C@H](O[C@@H]9C(CO)O[C@H](O[C@@H]%10C(CO)O[C@H](O[C@H]2C(O)C3O)C(O)C%10O)C(O)C9O)C(O)C87O)C1)C(O)C6O)C(O)C5O)C(O)C4O. The number of ether oxygens (including phenoxy) is 14. The van der Waals surface area contributed by atoms with Crippen LogP contribution in [0.5, 0.6) is 0 Å². The standard InChI is InChI=1S/C66H113N3O33/c67-11-16-89-17-15-69-14-4-3-13-68(12-2-1-6-28-18-29-7-5-8-30(19-28)20-29)22-33-52-39(75)45(81)60(90-33)98-54-35(24-71)93-63(48(84)42(54)78)100-56-37(26-73)94-64(49(85)43(56)79)101-57-38(27-74)95-65(50(86)44(57)80)102-59-31(21-69)9-10-32-51(58(87)66(32,59)88)96-53-34(23-70)91-62(46(82)40(53)76)99-55-36(25-72)92-61(97-52)47(83)41(55)77/h28-65,70-88H,1-27,67H2/t28?,29?,30?,31?,32?,33?,34?,35?,36?,37?,38?,39?,40?,41?,42?,43?,44?,45?,46?,47?,48?,49?,50?,51-,52+,53+,54+,55+,56+,57+,58?,59+,60+,61+,62+,63+,64+,65+,66?/m0/s1. The fourth-order valence-corrected chi connectivity index (χ4v) is 18.3. The maximum atomic E-state index is 13.2. The minimum absolute atomic E-state index is 0.107. The first-order valence-electron chi connectivity index (χ1n) is 36.9. The summed E-state index contributed by atoms with van der Waals surface area (Å²) in [7, 11) is 0. The third-order valence-corrected chi connectivity index (χ3v) is 23.8. The summed E-state index contributed by atoms with van der Waals surface area (Å²) in [6.45, 7) is -2.82. The molecule has 0 aromatic rings. The molecule has 4 aliphatic carbocycles. The van der Waals surface area contributed by atoms with Gasteiger partial charge in [-0.3, -0.25) is 0 Å². The Bertz CT molecular complexity index is 2550. The lowest BCUT2D eigenvalue weighted by atomic mass is 9.53. The van der Waals surface area contributed by atoms with Crippen molar-refractivity contribution in [1.82, 2.24) is 9.80 Å². The Balaban J connectivity index is 0.931. The molecule has 0 amide bonds. The molecular formula is C66H113N3O33. The highest BCUT2D eigenvalue weighted by Gasteiger charge is 2.71. The Labute approximate surface area is 590 Å². The van der Waals surface area contributed by atoms with Crippen LogP contribution >= 0.6 is 0 Å². The van der Waals surface area contributed by atoms with E-state index in [1.165, 1.54) is 38.5 Å². The predicted octanol–water partition coefficient (Wildman–Crippen LogP) is -9.40. The highest BCUT2D eigenvalue weighted by molar-refractivity contribution is 5.20. The van der Waals surface area contributed by atoms with Crippen LogP contribution in [-0.4, -0.2) is 407 Å². The van der Waals surface area contributed by atoms with Gasteiger partial charge in [0.2, 0.25) is 0 Å². The van der Waals surface area contributed by atoms with Gasteiger partial charge in [0.05, 0.1) is 58.5 Å². The van der Waals surface area contributed by atoms with E-state index in [0.29, 0.717) is 56.7 Å². The van der Waals surface area contributed by atoms with Gasteiger partial charge in [-0.05, 0) is 88.8 Å². The lowest BCUT2D eigenvalue weighted by molar-refractivity contribution is -0.403. The van der Waals surface area contributed by atoms with Crippen LogP contribution in [0.2, 0.25) is 0 Å². The lowest BCUT2D eigenvalue weighted by Gasteiger charge is -2.63. The monoisotopic (exact) mass is 1480 g/mol. The van der Waals surface area contributed by atoms with Crippen molar-refractivity contribution in [2.75, 3.05) is 92.1 Å². The molecule has 16 saturated heterocycles. The Morgan fingerprint density at radius 1 is 0.382 bits per heavy atom. The van der Waals surface area contributed by atoms with Gasteiger partial charge in [0.25, 0.3) is 0 Å². The van der Waals surface area contributed by atoms with Gasteiger partial charge in [0, 0.05) is 38.0 Å². The average Bonchev–Trinajstić information content (AvgIpc) is 0.698. The minimum atomic E-state index is -2.32. The summed E-state index contributed by atoms with van der Waals surface area (Å²) < 4.78 is 86.4. The van der Waals surface area contributed by atoms with Crippen molar-refractivity contribution in [3.63, 3.8) is 0 Å². The molecule has 16 heterocycles. The van der Waals surface area contributed by atoms with Crippen LogP contribution in [0.1, 0.15) is 83.5 Å². The number of hydrogen-bond donors (Lipinski definition) is 20. The van der Waals surface area contributed by atoms with Crippen molar-refractivity contribution in [1.29, 1.82) is 0 Å². The van der Waals surface area contributed by atoms with Crippen molar-refractivity contribution in [3.05, 3.63) is 0 Å². The van der Waals surface area contributed by atoms with Gasteiger partial charge < -0.3 is 179 Å². The van der Waals surface area contributed by atoms with Gasteiger partial charge in [0.1, 0.15) is 158 Å². The second-order valence-electron chi connectivity index (χ2n) is 30.4. The van der Waals surface area contributed by atoms with Crippen molar-refractivity contribution in [2.24, 2.45) is 35.3 Å². The number of nitrogens with two attached hydrogens (primary N) is 1. The molecule has 19 bridgehead atoms. The van der Waals surface area contributed by atoms with Crippen LogP contribution < -0.4 is 5.73 Å². The molecule has 20 aliphatic rings. The molecule has 36 heteroatoms. The van der Waals surface area contributed by atoms with Crippen LogP contribution in [0, 0.1) is 29.6 Å². The van der Waals surface area contributed by atoms with Gasteiger partial charge >= 0.3 is 0 Å². The minimum Gasteiger partial charge on any atom is -0.394 e. The summed E-state index contributed by atoms with van der Waals surface area (Å²) in [6, 6.07) is 0. The zero-order valence-electron chi connectivity index (χ0n) is 57.2. The van der Waals surface area contributed by atoms with Gasteiger partial charge in [-0.2, -0.15) is 0 Å². The van der Waals surface area contributed by atoms with Crippen LogP contribution in [0.3, 0.4) is 0 Å². The molecule has 0 aromatic heterocycles. The van der Waals surface area contributed by atoms with Crippen molar-refractivity contribution in [2.45, 2.75) is 292 Å². The number of aliphatic hydroxyl groups excluding tert-OH is 18. The van der Waals surface area contributed by atoms with Crippen LogP contribution in [0.25, 0.3) is 0 Å². The Hall–Kier alpha value is -1.44. The third kappa shape index (κ3) is 16.6. The molecule has 16 aliphatic heterocycles. The highest BCUT2D eigenvalue weighted by atomic mass is 16.8. The fraction of sp³-hybridized carbons (Fsp3) is 1.00. The number of unbranched alkanes of at least 4 members (excludes halogenated alkanes) is 1. The van der Waals surface area contributed by atoms with E-state index < -0.39 is 253 Å². The number of rotatable bonds is 15. The lowest BCUT2D eigenvalue weighted by Crippen LogP contribution is -2.80. The quantitative estimate of drug-likeness (QED) is 0.0677. The van der Waals surface area contributed by atoms with Crippen LogP contribution in [-0.2, 0) is 66.3 Å². The molecule has 24 unspecified atom stereocenters. The van der Waals surface area contributed by atoms with Gasteiger partial charge in [-0.1, -0.05) is 32.1 Å². The molecule has 36 nitrogen and oxygen atoms in total. The first-order chi connectivity index (χ1) is 49.0. The third-order valence-electron chi connectivity index (χ3n) is 23.8. The van der Waals surface area contributed by atoms with Crippen LogP contribution in [0.4, 0.5) is 0 Å². The maximum Gasteiger partial charge on any atom is 0.187 e. The zero-order valence-corrected chi connectivity index (χ0v) is 57.2. The Morgan fingerprint density at radius 3 is 1.23 bits per heavy atom. The molecule has 38 atom stereocenters. The summed E-state index contributed by atoms with van der Waals surface area (Å²) in [5, 5.41) is 223. The first kappa shape index (κ1) is 80.1. The normalized spacial score (nSPS) is 51.8. The smallest absolute Gasteiger partial charge is 0.187 e. The number of aliphatic hydroxyl groups is 19. The van der Waals surface area contributed by atoms with E-state index in [1.54, 1.807) is 0 Å². The van der Waals surface area contributed by atoms with Crippen molar-refractivity contribution < 1.29 is 163 Å². The summed E-state index contributed by atoms with van der Waals surface area (Å²) in [5.74, 6) is 0.119. The molecule has 20 fully saturated rings. The summed E-state index contributed by atoms with van der Waals surface area (Å²) in [6.07, 6.45) is -51.4. The number of hydrogen-bond acceptors (Lipinski definition) is 36. The van der Waals surface area contributed by atoms with E-state index in [1.807, 2.05) is 0 Å². The van der Waals surface area contributed by atoms with E-state index in [4.69, 9.17) is 72.0 Å². The molecule has 0 radical (unpaired) electrons. The van der Waals surface area contributed by atoms with Crippen molar-refractivity contribution in [3.8, 4) is 0 Å². The maximum absolute atomic E-state index is 13.2. The van der Waals surface area contributed by atoms with E-state index in [0.717, 1.165) is 12.8 Å². The molecule has 0 spiro atoms. The van der Waals surface area contributed by atoms with Gasteiger partial charge in [-0.25, -0.2) is 0 Å². The van der Waals surface area contributed by atoms with E-state index in [2.05, 4.69) is 9.80 Å². The largest absolute Gasteiger partial charge is 0.394 e. The van der Waals surface area contributed by atoms with E-state index in [-0.39, 0.29) is 52.2 Å². The zero-order chi connectivity index (χ0) is 72.6. The topological polar surface area (TPSA) is 546 Å². The molecule has 102 heavy (non-hydrogen) atoms. The van der Waals surface area contributed by atoms with Crippen LogP contribution in [0.15, 0.2) is 0 Å². The molecule has 590 valence electrons. The summed E-state index contributed by atoms with van der Waals surface area (Å²) >= 11 is 0.